The summed E-state index contributed by atoms with van der Waals surface area (Å²) >= 11 is 0. The molecule has 0 aliphatic rings. The molecule has 0 saturated carbocycles. The molecule has 1 aromatic rings. The summed E-state index contributed by atoms with van der Waals surface area (Å²) in [5, 5.41) is 0. The largest absolute Gasteiger partial charge is 0.496 e. The highest BCUT2D eigenvalue weighted by molar-refractivity contribution is 5.38. The van der Waals surface area contributed by atoms with Crippen LogP contribution in [0.3, 0.4) is 0 Å². The molecule has 0 bridgehead atoms. The van der Waals surface area contributed by atoms with E-state index in [9.17, 15) is 8.78 Å². The Balaban J connectivity index is 3.26. The van der Waals surface area contributed by atoms with Crippen LogP contribution in [0, 0.1) is 11.6 Å². The number of ether oxygens (including phenoxy) is 1. The molecule has 2 nitrogen and oxygen atoms in total. The summed E-state index contributed by atoms with van der Waals surface area (Å²) in [6.07, 6.45) is 1.43. The van der Waals surface area contributed by atoms with E-state index >= 15 is 0 Å². The van der Waals surface area contributed by atoms with E-state index in [2.05, 4.69) is 6.58 Å². The van der Waals surface area contributed by atoms with E-state index in [-0.39, 0.29) is 5.75 Å². The van der Waals surface area contributed by atoms with Gasteiger partial charge in [0.15, 0.2) is 11.6 Å². The zero-order valence-electron chi connectivity index (χ0n) is 7.76. The van der Waals surface area contributed by atoms with Gasteiger partial charge in [0.1, 0.15) is 5.75 Å². The van der Waals surface area contributed by atoms with Gasteiger partial charge in [-0.25, -0.2) is 8.78 Å². The van der Waals surface area contributed by atoms with Crippen molar-refractivity contribution in [2.75, 3.05) is 7.11 Å². The van der Waals surface area contributed by atoms with Crippen molar-refractivity contribution in [3.63, 3.8) is 0 Å². The minimum absolute atomic E-state index is 0.219. The minimum Gasteiger partial charge on any atom is -0.496 e. The van der Waals surface area contributed by atoms with Gasteiger partial charge in [-0.05, 0) is 6.07 Å². The SMILES string of the molecule is C=C[C@H](N)c1cc(F)c(F)cc1OC. The molecule has 1 aromatic carbocycles. The molecule has 0 aliphatic heterocycles. The zero-order valence-corrected chi connectivity index (χ0v) is 7.76. The Morgan fingerprint density at radius 1 is 1.43 bits per heavy atom. The Labute approximate surface area is 81.0 Å². The average molecular weight is 199 g/mol. The molecule has 0 fully saturated rings. The van der Waals surface area contributed by atoms with Crippen LogP contribution in [-0.4, -0.2) is 7.11 Å². The Kier molecular flexibility index (Phi) is 3.19. The fraction of sp³-hybridized carbons (Fsp3) is 0.200. The fourth-order valence-corrected chi connectivity index (χ4v) is 1.11. The molecule has 0 aromatic heterocycles. The van der Waals surface area contributed by atoms with Gasteiger partial charge < -0.3 is 10.5 Å². The summed E-state index contributed by atoms with van der Waals surface area (Å²) in [4.78, 5) is 0. The molecular weight excluding hydrogens is 188 g/mol. The van der Waals surface area contributed by atoms with E-state index in [0.717, 1.165) is 12.1 Å². The lowest BCUT2D eigenvalue weighted by Gasteiger charge is -2.12. The van der Waals surface area contributed by atoms with E-state index in [1.807, 2.05) is 0 Å². The molecule has 1 rings (SSSR count). The lowest BCUT2D eigenvalue weighted by Crippen LogP contribution is -2.09. The highest BCUT2D eigenvalue weighted by atomic mass is 19.2. The number of benzene rings is 1. The van der Waals surface area contributed by atoms with E-state index in [4.69, 9.17) is 10.5 Å². The molecule has 76 valence electrons. The predicted molar refractivity (Wildman–Crippen MR) is 50.0 cm³/mol. The van der Waals surface area contributed by atoms with Gasteiger partial charge in [-0.2, -0.15) is 0 Å². The molecule has 0 spiro atoms. The molecule has 0 radical (unpaired) electrons. The zero-order chi connectivity index (χ0) is 10.7. The molecule has 0 amide bonds. The van der Waals surface area contributed by atoms with Crippen molar-refractivity contribution in [1.82, 2.24) is 0 Å². The van der Waals surface area contributed by atoms with Crippen molar-refractivity contribution < 1.29 is 13.5 Å². The highest BCUT2D eigenvalue weighted by Crippen LogP contribution is 2.26. The number of hydrogen-bond acceptors (Lipinski definition) is 2. The van der Waals surface area contributed by atoms with Crippen molar-refractivity contribution in [1.29, 1.82) is 0 Å². The Morgan fingerprint density at radius 3 is 2.50 bits per heavy atom. The van der Waals surface area contributed by atoms with Gasteiger partial charge in [0.25, 0.3) is 0 Å². The van der Waals surface area contributed by atoms with Gasteiger partial charge in [0.2, 0.25) is 0 Å². The molecule has 14 heavy (non-hydrogen) atoms. The van der Waals surface area contributed by atoms with Crippen LogP contribution in [-0.2, 0) is 0 Å². The summed E-state index contributed by atoms with van der Waals surface area (Å²) in [6, 6.07) is 1.41. The Bertz CT molecular complexity index is 352. The summed E-state index contributed by atoms with van der Waals surface area (Å²) in [7, 11) is 1.37. The van der Waals surface area contributed by atoms with E-state index in [1.165, 1.54) is 13.2 Å². The average Bonchev–Trinajstić information content (AvgIpc) is 2.20. The summed E-state index contributed by atoms with van der Waals surface area (Å²) < 4.78 is 30.5. The van der Waals surface area contributed by atoms with Crippen molar-refractivity contribution >= 4 is 0 Å². The van der Waals surface area contributed by atoms with Crippen molar-refractivity contribution in [3.05, 3.63) is 42.0 Å². The second-order valence-electron chi connectivity index (χ2n) is 2.77. The van der Waals surface area contributed by atoms with E-state index < -0.39 is 17.7 Å². The minimum atomic E-state index is -0.957. The second-order valence-corrected chi connectivity index (χ2v) is 2.77. The topological polar surface area (TPSA) is 35.2 Å². The Morgan fingerprint density at radius 2 is 2.00 bits per heavy atom. The van der Waals surface area contributed by atoms with Gasteiger partial charge in [0.05, 0.1) is 13.2 Å². The third-order valence-electron chi connectivity index (χ3n) is 1.89. The van der Waals surface area contributed by atoms with Gasteiger partial charge in [-0.1, -0.05) is 6.08 Å². The second kappa shape index (κ2) is 4.19. The van der Waals surface area contributed by atoms with Crippen LogP contribution in [0.4, 0.5) is 8.78 Å². The van der Waals surface area contributed by atoms with Gasteiger partial charge in [-0.3, -0.25) is 0 Å². The quantitative estimate of drug-likeness (QED) is 0.757. The van der Waals surface area contributed by atoms with Crippen LogP contribution in [0.5, 0.6) is 5.75 Å². The summed E-state index contributed by atoms with van der Waals surface area (Å²) in [5.74, 6) is -1.68. The Hall–Kier alpha value is -1.42. The first-order valence-electron chi connectivity index (χ1n) is 4.01. The maximum Gasteiger partial charge on any atom is 0.162 e. The highest BCUT2D eigenvalue weighted by Gasteiger charge is 2.13. The number of methoxy groups -OCH3 is 1. The summed E-state index contributed by atoms with van der Waals surface area (Å²) in [6.45, 7) is 3.47. The van der Waals surface area contributed by atoms with Gasteiger partial charge in [-0.15, -0.1) is 6.58 Å². The van der Waals surface area contributed by atoms with E-state index in [1.54, 1.807) is 0 Å². The van der Waals surface area contributed by atoms with Crippen molar-refractivity contribution in [2.45, 2.75) is 6.04 Å². The lowest BCUT2D eigenvalue weighted by atomic mass is 10.1. The van der Waals surface area contributed by atoms with Gasteiger partial charge in [0, 0.05) is 11.6 Å². The summed E-state index contributed by atoms with van der Waals surface area (Å²) in [5.41, 5.74) is 5.98. The van der Waals surface area contributed by atoms with Crippen LogP contribution < -0.4 is 10.5 Å². The van der Waals surface area contributed by atoms with Crippen LogP contribution in [0.15, 0.2) is 24.8 Å². The standard InChI is InChI=1S/C10H11F2NO/c1-3-9(13)6-4-7(11)8(12)5-10(6)14-2/h3-5,9H,1,13H2,2H3/t9-/m0/s1. The van der Waals surface area contributed by atoms with Crippen LogP contribution in [0.1, 0.15) is 11.6 Å². The first-order valence-corrected chi connectivity index (χ1v) is 4.01. The molecule has 4 heteroatoms. The molecule has 1 atom stereocenters. The lowest BCUT2D eigenvalue weighted by molar-refractivity contribution is 0.399. The monoisotopic (exact) mass is 199 g/mol. The normalized spacial score (nSPS) is 12.3. The van der Waals surface area contributed by atoms with E-state index in [0.29, 0.717) is 5.56 Å². The number of nitrogens with two attached hydrogens (primary N) is 1. The van der Waals surface area contributed by atoms with Crippen molar-refractivity contribution in [3.8, 4) is 5.75 Å². The third kappa shape index (κ3) is 1.90. The third-order valence-corrected chi connectivity index (χ3v) is 1.89. The molecule has 0 heterocycles. The molecule has 0 unspecified atom stereocenters. The maximum atomic E-state index is 12.9. The molecule has 0 saturated heterocycles. The predicted octanol–water partition coefficient (Wildman–Crippen LogP) is 2.16. The smallest absolute Gasteiger partial charge is 0.162 e. The van der Waals surface area contributed by atoms with Crippen LogP contribution in [0.25, 0.3) is 0 Å². The molecule has 0 aliphatic carbocycles. The first-order chi connectivity index (χ1) is 6.60. The number of hydrogen-bond donors (Lipinski definition) is 1. The van der Waals surface area contributed by atoms with Crippen LogP contribution in [0.2, 0.25) is 0 Å². The molecular formula is C10H11F2NO. The fourth-order valence-electron chi connectivity index (χ4n) is 1.11. The number of halogens is 2. The molecule has 2 N–H and O–H groups in total. The maximum absolute atomic E-state index is 12.9. The van der Waals surface area contributed by atoms with Crippen molar-refractivity contribution in [2.24, 2.45) is 5.73 Å². The number of rotatable bonds is 3. The first kappa shape index (κ1) is 10.7. The van der Waals surface area contributed by atoms with Crippen LogP contribution >= 0.6 is 0 Å². The van der Waals surface area contributed by atoms with Gasteiger partial charge >= 0.3 is 0 Å².